The van der Waals surface area contributed by atoms with Crippen molar-refractivity contribution in [1.29, 1.82) is 0 Å². The second kappa shape index (κ2) is 9.51. The van der Waals surface area contributed by atoms with Crippen LogP contribution in [0.5, 0.6) is 0 Å². The molecular formula is C23H28N2O3. The molecule has 1 amide bonds. The topological polar surface area (TPSA) is 58.6 Å². The van der Waals surface area contributed by atoms with E-state index in [1.165, 1.54) is 18.4 Å². The summed E-state index contributed by atoms with van der Waals surface area (Å²) in [4.78, 5) is 27.2. The molecule has 1 aliphatic rings. The number of nitrogens with one attached hydrogen (secondary N) is 1. The second-order valence-electron chi connectivity index (χ2n) is 7.40. The molecule has 0 aliphatic carbocycles. The summed E-state index contributed by atoms with van der Waals surface area (Å²) in [7, 11) is 0. The maximum atomic E-state index is 12.6. The van der Waals surface area contributed by atoms with Crippen LogP contribution in [0, 0.1) is 5.92 Å². The number of nitrogens with zero attached hydrogens (tertiary/aromatic N) is 1. The number of hydrogen-bond acceptors (Lipinski definition) is 4. The van der Waals surface area contributed by atoms with Gasteiger partial charge in [-0.2, -0.15) is 0 Å². The monoisotopic (exact) mass is 380 g/mol. The predicted octanol–water partition coefficient (Wildman–Crippen LogP) is 4.35. The molecule has 0 aromatic heterocycles. The molecule has 1 atom stereocenters. The van der Waals surface area contributed by atoms with E-state index in [2.05, 4.69) is 17.1 Å². The van der Waals surface area contributed by atoms with Gasteiger partial charge < -0.3 is 10.1 Å². The van der Waals surface area contributed by atoms with Crippen LogP contribution in [-0.2, 0) is 11.3 Å². The van der Waals surface area contributed by atoms with Crippen LogP contribution in [0.25, 0.3) is 0 Å². The van der Waals surface area contributed by atoms with Crippen molar-refractivity contribution < 1.29 is 14.3 Å². The van der Waals surface area contributed by atoms with Gasteiger partial charge in [-0.1, -0.05) is 31.2 Å². The van der Waals surface area contributed by atoms with Gasteiger partial charge in [0.15, 0.2) is 0 Å². The number of para-hydroxylation sites is 1. The van der Waals surface area contributed by atoms with Crippen LogP contribution < -0.4 is 5.32 Å². The summed E-state index contributed by atoms with van der Waals surface area (Å²) in [6, 6.07) is 14.6. The van der Waals surface area contributed by atoms with Crippen molar-refractivity contribution in [3.63, 3.8) is 0 Å². The minimum Gasteiger partial charge on any atom is -0.462 e. The molecule has 2 aromatic carbocycles. The molecule has 1 saturated heterocycles. The molecule has 0 spiro atoms. The Morgan fingerprint density at radius 1 is 1.14 bits per heavy atom. The number of amides is 1. The third-order valence-electron chi connectivity index (χ3n) is 5.03. The molecule has 1 fully saturated rings. The van der Waals surface area contributed by atoms with Crippen molar-refractivity contribution in [2.75, 3.05) is 25.0 Å². The van der Waals surface area contributed by atoms with Gasteiger partial charge in [-0.3, -0.25) is 9.69 Å². The molecule has 0 saturated carbocycles. The van der Waals surface area contributed by atoms with Gasteiger partial charge in [0.2, 0.25) is 0 Å². The number of anilines is 1. The smallest absolute Gasteiger partial charge is 0.340 e. The molecule has 1 aliphatic heterocycles. The van der Waals surface area contributed by atoms with Crippen LogP contribution in [0.1, 0.15) is 53.0 Å². The summed E-state index contributed by atoms with van der Waals surface area (Å²) in [5.41, 5.74) is 2.58. The van der Waals surface area contributed by atoms with E-state index in [1.807, 2.05) is 24.3 Å². The zero-order chi connectivity index (χ0) is 19.9. The highest BCUT2D eigenvalue weighted by atomic mass is 16.5. The van der Waals surface area contributed by atoms with Crippen molar-refractivity contribution in [1.82, 2.24) is 4.90 Å². The van der Waals surface area contributed by atoms with Gasteiger partial charge in [0, 0.05) is 18.7 Å². The van der Waals surface area contributed by atoms with Crippen LogP contribution >= 0.6 is 0 Å². The van der Waals surface area contributed by atoms with Gasteiger partial charge in [-0.05, 0) is 62.1 Å². The van der Waals surface area contributed by atoms with E-state index in [-0.39, 0.29) is 5.91 Å². The summed E-state index contributed by atoms with van der Waals surface area (Å²) >= 11 is 0. The third kappa shape index (κ3) is 5.20. The minimum absolute atomic E-state index is 0.241. The van der Waals surface area contributed by atoms with E-state index in [0.29, 0.717) is 23.4 Å². The number of benzene rings is 2. The molecule has 1 heterocycles. The lowest BCUT2D eigenvalue weighted by Gasteiger charge is -2.30. The van der Waals surface area contributed by atoms with Crippen molar-refractivity contribution in [3.8, 4) is 0 Å². The fraction of sp³-hybridized carbons (Fsp3) is 0.391. The van der Waals surface area contributed by atoms with Crippen molar-refractivity contribution in [2.45, 2.75) is 33.2 Å². The standard InChI is InChI=1S/C23H28N2O3/c1-3-28-23(27)20-8-4-5-9-21(20)24-22(26)19-12-10-18(11-13-19)16-25-14-6-7-17(2)15-25/h4-5,8-13,17H,3,6-7,14-16H2,1-2H3,(H,24,26)/t17-/m1/s1. The van der Waals surface area contributed by atoms with Gasteiger partial charge in [-0.25, -0.2) is 4.79 Å². The number of likely N-dealkylation sites (tertiary alicyclic amines) is 1. The van der Waals surface area contributed by atoms with E-state index in [9.17, 15) is 9.59 Å². The van der Waals surface area contributed by atoms with E-state index in [1.54, 1.807) is 31.2 Å². The van der Waals surface area contributed by atoms with E-state index in [4.69, 9.17) is 4.74 Å². The van der Waals surface area contributed by atoms with Gasteiger partial charge >= 0.3 is 5.97 Å². The number of piperidine rings is 1. The zero-order valence-electron chi connectivity index (χ0n) is 16.6. The quantitative estimate of drug-likeness (QED) is 0.757. The average Bonchev–Trinajstić information content (AvgIpc) is 2.69. The molecule has 0 unspecified atom stereocenters. The first-order valence-electron chi connectivity index (χ1n) is 9.95. The number of hydrogen-bond donors (Lipinski definition) is 1. The second-order valence-corrected chi connectivity index (χ2v) is 7.40. The lowest BCUT2D eigenvalue weighted by Crippen LogP contribution is -2.33. The summed E-state index contributed by atoms with van der Waals surface area (Å²) in [6.45, 7) is 7.53. The largest absolute Gasteiger partial charge is 0.462 e. The molecule has 5 nitrogen and oxygen atoms in total. The number of carbonyl (C=O) groups is 2. The number of esters is 1. The molecular weight excluding hydrogens is 352 g/mol. The normalized spacial score (nSPS) is 17.1. The highest BCUT2D eigenvalue weighted by Gasteiger charge is 2.17. The molecule has 0 radical (unpaired) electrons. The van der Waals surface area contributed by atoms with Gasteiger partial charge in [0.1, 0.15) is 0 Å². The Labute approximate surface area is 166 Å². The van der Waals surface area contributed by atoms with Crippen molar-refractivity contribution in [3.05, 3.63) is 65.2 Å². The molecule has 28 heavy (non-hydrogen) atoms. The molecule has 2 aromatic rings. The molecule has 0 bridgehead atoms. The highest BCUT2D eigenvalue weighted by molar-refractivity contribution is 6.08. The Bertz CT molecular complexity index is 817. The Morgan fingerprint density at radius 2 is 1.89 bits per heavy atom. The Balaban J connectivity index is 1.65. The molecule has 3 rings (SSSR count). The number of ether oxygens (including phenoxy) is 1. The lowest BCUT2D eigenvalue weighted by molar-refractivity contribution is 0.0527. The van der Waals surface area contributed by atoms with E-state index >= 15 is 0 Å². The van der Waals surface area contributed by atoms with Crippen LogP contribution in [0.2, 0.25) is 0 Å². The molecule has 1 N–H and O–H groups in total. The Kier molecular flexibility index (Phi) is 6.82. The Hall–Kier alpha value is -2.66. The average molecular weight is 380 g/mol. The van der Waals surface area contributed by atoms with Crippen LogP contribution in [0.3, 0.4) is 0 Å². The van der Waals surface area contributed by atoms with Crippen molar-refractivity contribution >= 4 is 17.6 Å². The fourth-order valence-electron chi connectivity index (χ4n) is 3.62. The van der Waals surface area contributed by atoms with Crippen molar-refractivity contribution in [2.24, 2.45) is 5.92 Å². The number of rotatable bonds is 6. The summed E-state index contributed by atoms with van der Waals surface area (Å²) in [6.07, 6.45) is 2.56. The first kappa shape index (κ1) is 20.1. The highest BCUT2D eigenvalue weighted by Crippen LogP contribution is 2.20. The summed E-state index contributed by atoms with van der Waals surface area (Å²) < 4.78 is 5.06. The minimum atomic E-state index is -0.440. The van der Waals surface area contributed by atoms with E-state index < -0.39 is 5.97 Å². The fourth-order valence-corrected chi connectivity index (χ4v) is 3.62. The maximum Gasteiger partial charge on any atom is 0.340 e. The molecule has 5 heteroatoms. The first-order valence-corrected chi connectivity index (χ1v) is 9.95. The maximum absolute atomic E-state index is 12.6. The van der Waals surface area contributed by atoms with Gasteiger partial charge in [0.25, 0.3) is 5.91 Å². The van der Waals surface area contributed by atoms with Gasteiger partial charge in [0.05, 0.1) is 17.9 Å². The van der Waals surface area contributed by atoms with Crippen LogP contribution in [0.4, 0.5) is 5.69 Å². The summed E-state index contributed by atoms with van der Waals surface area (Å²) in [5.74, 6) is 0.0673. The number of carbonyl (C=O) groups excluding carboxylic acids is 2. The Morgan fingerprint density at radius 3 is 2.61 bits per heavy atom. The predicted molar refractivity (Wildman–Crippen MR) is 110 cm³/mol. The summed E-state index contributed by atoms with van der Waals surface area (Å²) in [5, 5.41) is 2.82. The van der Waals surface area contributed by atoms with E-state index in [0.717, 1.165) is 25.6 Å². The SMILES string of the molecule is CCOC(=O)c1ccccc1NC(=O)c1ccc(CN2CCC[C@@H](C)C2)cc1. The van der Waals surface area contributed by atoms with Crippen LogP contribution in [0.15, 0.2) is 48.5 Å². The third-order valence-corrected chi connectivity index (χ3v) is 5.03. The molecule has 148 valence electrons. The zero-order valence-corrected chi connectivity index (χ0v) is 16.6. The van der Waals surface area contributed by atoms with Gasteiger partial charge in [-0.15, -0.1) is 0 Å². The first-order chi connectivity index (χ1) is 13.6. The lowest BCUT2D eigenvalue weighted by atomic mass is 9.99. The van der Waals surface area contributed by atoms with Crippen LogP contribution in [-0.4, -0.2) is 36.5 Å².